The maximum Gasteiger partial charge on any atom is 0.416 e. The first-order chi connectivity index (χ1) is 15.8. The largest absolute Gasteiger partial charge is 0.439 e. The Hall–Kier alpha value is -3.98. The Kier molecular flexibility index (Phi) is 6.23. The lowest BCUT2D eigenvalue weighted by atomic mass is 10.0. The van der Waals surface area contributed by atoms with Gasteiger partial charge < -0.3 is 15.4 Å². The van der Waals surface area contributed by atoms with Crippen molar-refractivity contribution in [3.63, 3.8) is 0 Å². The summed E-state index contributed by atoms with van der Waals surface area (Å²) in [6, 6.07) is 16.5. The molecule has 3 aromatic carbocycles. The lowest BCUT2D eigenvalue weighted by Gasteiger charge is -2.12. The molecule has 4 rings (SSSR count). The third-order valence-electron chi connectivity index (χ3n) is 4.82. The number of anilines is 1. The van der Waals surface area contributed by atoms with Crippen LogP contribution < -0.4 is 15.4 Å². The number of rotatable bonds is 6. The van der Waals surface area contributed by atoms with E-state index in [-0.39, 0.29) is 5.69 Å². The van der Waals surface area contributed by atoms with E-state index in [2.05, 4.69) is 20.6 Å². The number of halogens is 3. The highest BCUT2D eigenvalue weighted by atomic mass is 19.4. The third-order valence-corrected chi connectivity index (χ3v) is 4.82. The van der Waals surface area contributed by atoms with E-state index >= 15 is 0 Å². The van der Waals surface area contributed by atoms with Gasteiger partial charge in [-0.2, -0.15) is 13.2 Å². The zero-order valence-electron chi connectivity index (χ0n) is 17.5. The van der Waals surface area contributed by atoms with Crippen LogP contribution >= 0.6 is 0 Å². The molecule has 4 aromatic rings. The average Bonchev–Trinajstić information content (AvgIpc) is 2.78. The number of fused-ring (bicyclic) bond motifs is 1. The Morgan fingerprint density at radius 3 is 2.61 bits per heavy atom. The third kappa shape index (κ3) is 5.27. The summed E-state index contributed by atoms with van der Waals surface area (Å²) in [6.07, 6.45) is -3.08. The van der Waals surface area contributed by atoms with Gasteiger partial charge in [0.25, 0.3) is 5.91 Å². The Balaban J connectivity index is 1.57. The smallest absolute Gasteiger partial charge is 0.416 e. The molecule has 0 saturated heterocycles. The molecule has 0 fully saturated rings. The Labute approximate surface area is 187 Å². The summed E-state index contributed by atoms with van der Waals surface area (Å²) in [5.41, 5.74) is 0.335. The lowest BCUT2D eigenvalue weighted by molar-refractivity contribution is -0.137. The number of ether oxygens (including phenoxy) is 1. The van der Waals surface area contributed by atoms with E-state index in [9.17, 15) is 18.0 Å². The molecule has 0 atom stereocenters. The average molecular weight is 452 g/mol. The van der Waals surface area contributed by atoms with E-state index < -0.39 is 17.6 Å². The zero-order valence-corrected chi connectivity index (χ0v) is 17.5. The molecule has 0 unspecified atom stereocenters. The van der Waals surface area contributed by atoms with Gasteiger partial charge in [0.2, 0.25) is 5.88 Å². The molecule has 0 bridgehead atoms. The predicted molar refractivity (Wildman–Crippen MR) is 118 cm³/mol. The summed E-state index contributed by atoms with van der Waals surface area (Å²) >= 11 is 0. The zero-order chi connectivity index (χ0) is 23.4. The maximum atomic E-state index is 13.0. The second-order valence-corrected chi connectivity index (χ2v) is 7.20. The first-order valence-electron chi connectivity index (χ1n) is 9.98. The van der Waals surface area contributed by atoms with Crippen LogP contribution in [0.25, 0.3) is 10.8 Å². The minimum Gasteiger partial charge on any atom is -0.439 e. The second kappa shape index (κ2) is 9.25. The summed E-state index contributed by atoms with van der Waals surface area (Å²) in [5.74, 6) is 0.390. The SMILES string of the molecule is CNCc1cc(Oc2ccc3c(C(=O)Nc4cccc(C(F)(F)F)c4)cccc3c2)ncn1. The number of nitrogens with zero attached hydrogens (tertiary/aromatic N) is 2. The van der Waals surface area contributed by atoms with Gasteiger partial charge >= 0.3 is 6.18 Å². The van der Waals surface area contributed by atoms with E-state index in [0.717, 1.165) is 23.2 Å². The molecule has 0 saturated carbocycles. The van der Waals surface area contributed by atoms with Crippen LogP contribution in [0.15, 0.2) is 73.1 Å². The van der Waals surface area contributed by atoms with Gasteiger partial charge in [-0.15, -0.1) is 0 Å². The van der Waals surface area contributed by atoms with Crippen molar-refractivity contribution in [1.29, 1.82) is 0 Å². The molecule has 1 aromatic heterocycles. The fourth-order valence-electron chi connectivity index (χ4n) is 3.33. The van der Waals surface area contributed by atoms with Crippen molar-refractivity contribution in [2.75, 3.05) is 12.4 Å². The first kappa shape index (κ1) is 22.2. The molecule has 0 aliphatic heterocycles. The summed E-state index contributed by atoms with van der Waals surface area (Å²) in [7, 11) is 1.81. The highest BCUT2D eigenvalue weighted by Gasteiger charge is 2.30. The highest BCUT2D eigenvalue weighted by molar-refractivity contribution is 6.13. The topological polar surface area (TPSA) is 76.1 Å². The van der Waals surface area contributed by atoms with Gasteiger partial charge in [-0.25, -0.2) is 9.97 Å². The van der Waals surface area contributed by atoms with E-state index in [1.165, 1.54) is 18.5 Å². The molecule has 33 heavy (non-hydrogen) atoms. The van der Waals surface area contributed by atoms with E-state index in [1.54, 1.807) is 36.4 Å². The molecule has 1 heterocycles. The van der Waals surface area contributed by atoms with Gasteiger partial charge in [-0.1, -0.05) is 18.2 Å². The number of amides is 1. The lowest BCUT2D eigenvalue weighted by Crippen LogP contribution is -2.13. The number of benzene rings is 3. The molecule has 1 amide bonds. The van der Waals surface area contributed by atoms with Gasteiger partial charge in [0.1, 0.15) is 12.1 Å². The fraction of sp³-hybridized carbons (Fsp3) is 0.125. The number of carbonyl (C=O) groups excluding carboxylic acids is 1. The predicted octanol–water partition coefficient (Wildman–Crippen LogP) is 5.41. The van der Waals surface area contributed by atoms with Gasteiger partial charge in [0.15, 0.2) is 0 Å². The summed E-state index contributed by atoms with van der Waals surface area (Å²) in [5, 5.41) is 6.91. The fourth-order valence-corrected chi connectivity index (χ4v) is 3.33. The van der Waals surface area contributed by atoms with Crippen molar-refractivity contribution in [3.8, 4) is 11.6 Å². The van der Waals surface area contributed by atoms with Crippen molar-refractivity contribution in [1.82, 2.24) is 15.3 Å². The number of hydrogen-bond acceptors (Lipinski definition) is 5. The monoisotopic (exact) mass is 452 g/mol. The van der Waals surface area contributed by atoms with Crippen LogP contribution in [0.4, 0.5) is 18.9 Å². The Bertz CT molecular complexity index is 1310. The van der Waals surface area contributed by atoms with Crippen molar-refractivity contribution in [3.05, 3.63) is 89.9 Å². The van der Waals surface area contributed by atoms with Crippen LogP contribution in [-0.2, 0) is 12.7 Å². The van der Waals surface area contributed by atoms with E-state index in [0.29, 0.717) is 29.1 Å². The molecule has 2 N–H and O–H groups in total. The van der Waals surface area contributed by atoms with Crippen LogP contribution in [0.1, 0.15) is 21.6 Å². The molecule has 0 aliphatic carbocycles. The minimum atomic E-state index is -4.49. The van der Waals surface area contributed by atoms with Crippen LogP contribution in [0.5, 0.6) is 11.6 Å². The Morgan fingerprint density at radius 2 is 1.82 bits per heavy atom. The van der Waals surface area contributed by atoms with Crippen LogP contribution in [0.2, 0.25) is 0 Å². The molecule has 0 aliphatic rings. The van der Waals surface area contributed by atoms with Gasteiger partial charge in [0.05, 0.1) is 11.3 Å². The minimum absolute atomic E-state index is 0.0629. The molecule has 0 radical (unpaired) electrons. The molecule has 0 spiro atoms. The van der Waals surface area contributed by atoms with Crippen molar-refractivity contribution in [2.45, 2.75) is 12.7 Å². The summed E-state index contributed by atoms with van der Waals surface area (Å²) < 4.78 is 44.7. The normalized spacial score (nSPS) is 11.4. The van der Waals surface area contributed by atoms with Gasteiger partial charge in [-0.05, 0) is 60.3 Å². The standard InChI is InChI=1S/C24H19F3N4O2/c1-28-13-18-12-22(30-14-29-18)33-19-8-9-20-15(10-19)4-2-7-21(20)23(32)31-17-6-3-5-16(11-17)24(25,26)27/h2-12,14,28H,13H2,1H3,(H,31,32). The number of nitrogens with one attached hydrogen (secondary N) is 2. The number of carbonyl (C=O) groups is 1. The van der Waals surface area contributed by atoms with E-state index in [4.69, 9.17) is 4.74 Å². The van der Waals surface area contributed by atoms with Crippen molar-refractivity contribution in [2.24, 2.45) is 0 Å². The van der Waals surface area contributed by atoms with Crippen LogP contribution in [0, 0.1) is 0 Å². The molecular formula is C24H19F3N4O2. The molecule has 9 heteroatoms. The maximum absolute atomic E-state index is 13.0. The first-order valence-corrected chi connectivity index (χ1v) is 9.98. The number of hydrogen-bond donors (Lipinski definition) is 2. The van der Waals surface area contributed by atoms with Gasteiger partial charge in [0, 0.05) is 23.9 Å². The number of aromatic nitrogens is 2. The molecule has 6 nitrogen and oxygen atoms in total. The van der Waals surface area contributed by atoms with Crippen molar-refractivity contribution < 1.29 is 22.7 Å². The van der Waals surface area contributed by atoms with Crippen LogP contribution in [-0.4, -0.2) is 22.9 Å². The Morgan fingerprint density at radius 1 is 1.00 bits per heavy atom. The number of alkyl halides is 3. The van der Waals surface area contributed by atoms with Gasteiger partial charge in [-0.3, -0.25) is 4.79 Å². The highest BCUT2D eigenvalue weighted by Crippen LogP contribution is 2.31. The van der Waals surface area contributed by atoms with E-state index in [1.807, 2.05) is 13.1 Å². The summed E-state index contributed by atoms with van der Waals surface area (Å²) in [4.78, 5) is 21.1. The van der Waals surface area contributed by atoms with Crippen LogP contribution in [0.3, 0.4) is 0 Å². The summed E-state index contributed by atoms with van der Waals surface area (Å²) in [6.45, 7) is 0.570. The second-order valence-electron chi connectivity index (χ2n) is 7.20. The quantitative estimate of drug-likeness (QED) is 0.409. The molecule has 168 valence electrons. The van der Waals surface area contributed by atoms with Crippen molar-refractivity contribution >= 4 is 22.4 Å². The molecular weight excluding hydrogens is 433 g/mol.